The molecule has 3 heteroatoms. The maximum Gasteiger partial charge on any atom is 0.230 e. The fourth-order valence-electron chi connectivity index (χ4n) is 3.13. The maximum absolute atomic E-state index is 12.6. The van der Waals surface area contributed by atoms with Crippen LogP contribution in [0.25, 0.3) is 0 Å². The number of hydrogen-bond acceptors (Lipinski definition) is 1. The molecule has 2 atom stereocenters. The molecule has 1 heterocycles. The van der Waals surface area contributed by atoms with E-state index < -0.39 is 0 Å². The second-order valence-electron chi connectivity index (χ2n) is 5.29. The van der Waals surface area contributed by atoms with Gasteiger partial charge in [-0.1, -0.05) is 40.2 Å². The highest BCUT2D eigenvalue weighted by Crippen LogP contribution is 2.37. The number of nitrogens with zero attached hydrogens (tertiary/aromatic N) is 1. The number of hydrogen-bond donors (Lipinski definition) is 0. The summed E-state index contributed by atoms with van der Waals surface area (Å²) in [6.45, 7) is 0.938. The summed E-state index contributed by atoms with van der Waals surface area (Å²) in [6.07, 6.45) is 4.48. The number of rotatable bonds is 2. The van der Waals surface area contributed by atoms with Gasteiger partial charge < -0.3 is 4.90 Å². The van der Waals surface area contributed by atoms with Crippen LogP contribution in [0, 0.1) is 0 Å². The van der Waals surface area contributed by atoms with Gasteiger partial charge in [0.25, 0.3) is 0 Å². The average molecular weight is 308 g/mol. The van der Waals surface area contributed by atoms with E-state index in [4.69, 9.17) is 0 Å². The van der Waals surface area contributed by atoms with Crippen LogP contribution < -0.4 is 0 Å². The number of fused-ring (bicyclic) bond motifs is 1. The molecule has 1 amide bonds. The Balaban J connectivity index is 1.76. The highest BCUT2D eigenvalue weighted by molar-refractivity contribution is 9.09. The molecule has 0 radical (unpaired) electrons. The molecule has 18 heavy (non-hydrogen) atoms. The molecule has 0 bridgehead atoms. The lowest BCUT2D eigenvalue weighted by atomic mass is 9.76. The lowest BCUT2D eigenvalue weighted by molar-refractivity contribution is -0.136. The minimum Gasteiger partial charge on any atom is -0.338 e. The molecule has 1 fully saturated rings. The normalized spacial score (nSPS) is 26.4. The van der Waals surface area contributed by atoms with Crippen LogP contribution in [-0.2, 0) is 11.2 Å². The van der Waals surface area contributed by atoms with Crippen molar-refractivity contribution in [2.24, 2.45) is 0 Å². The van der Waals surface area contributed by atoms with E-state index in [1.54, 1.807) is 0 Å². The van der Waals surface area contributed by atoms with Crippen molar-refractivity contribution in [3.63, 3.8) is 0 Å². The predicted octanol–water partition coefficient (Wildman–Crippen LogP) is 3.10. The van der Waals surface area contributed by atoms with Crippen molar-refractivity contribution in [3.05, 3.63) is 35.4 Å². The minimum atomic E-state index is 0.126. The second-order valence-corrected chi connectivity index (χ2v) is 5.94. The van der Waals surface area contributed by atoms with E-state index in [1.165, 1.54) is 17.5 Å². The summed E-state index contributed by atoms with van der Waals surface area (Å²) in [4.78, 5) is 14.7. The van der Waals surface area contributed by atoms with Gasteiger partial charge in [0.1, 0.15) is 0 Å². The third-order valence-corrected chi connectivity index (χ3v) is 4.99. The third-order valence-electron chi connectivity index (χ3n) is 4.24. The smallest absolute Gasteiger partial charge is 0.230 e. The van der Waals surface area contributed by atoms with Crippen molar-refractivity contribution in [2.45, 2.75) is 37.6 Å². The molecule has 1 aromatic rings. The minimum absolute atomic E-state index is 0.126. The zero-order chi connectivity index (χ0) is 12.5. The van der Waals surface area contributed by atoms with E-state index >= 15 is 0 Å². The Kier molecular flexibility index (Phi) is 3.42. The van der Waals surface area contributed by atoms with Gasteiger partial charge in [0.2, 0.25) is 5.91 Å². The van der Waals surface area contributed by atoms with Gasteiger partial charge in [0, 0.05) is 17.9 Å². The Morgan fingerprint density at radius 1 is 1.33 bits per heavy atom. The SMILES string of the molecule is O=C(C1Cc2ccccc21)N1CCCCC1CBr. The molecule has 2 aliphatic rings. The number of likely N-dealkylation sites (tertiary alicyclic amines) is 1. The van der Waals surface area contributed by atoms with Crippen molar-refractivity contribution in [1.82, 2.24) is 4.90 Å². The number of carbonyl (C=O) groups is 1. The topological polar surface area (TPSA) is 20.3 Å². The van der Waals surface area contributed by atoms with Crippen LogP contribution in [0.4, 0.5) is 0 Å². The van der Waals surface area contributed by atoms with Crippen molar-refractivity contribution < 1.29 is 4.79 Å². The molecule has 3 rings (SSSR count). The van der Waals surface area contributed by atoms with Crippen molar-refractivity contribution in [2.75, 3.05) is 11.9 Å². The Morgan fingerprint density at radius 2 is 2.17 bits per heavy atom. The van der Waals surface area contributed by atoms with Gasteiger partial charge in [-0.05, 0) is 36.8 Å². The molecule has 0 aromatic heterocycles. The Bertz CT molecular complexity index is 460. The number of piperidine rings is 1. The molecule has 1 saturated heterocycles. The van der Waals surface area contributed by atoms with Crippen LogP contribution in [0.15, 0.2) is 24.3 Å². The van der Waals surface area contributed by atoms with E-state index in [9.17, 15) is 4.79 Å². The van der Waals surface area contributed by atoms with Crippen LogP contribution >= 0.6 is 15.9 Å². The zero-order valence-corrected chi connectivity index (χ0v) is 12.0. The number of halogens is 1. The molecule has 0 saturated carbocycles. The molecule has 1 aromatic carbocycles. The van der Waals surface area contributed by atoms with Gasteiger partial charge >= 0.3 is 0 Å². The summed E-state index contributed by atoms with van der Waals surface area (Å²) in [7, 11) is 0. The third kappa shape index (κ3) is 1.99. The predicted molar refractivity (Wildman–Crippen MR) is 76.0 cm³/mol. The van der Waals surface area contributed by atoms with Gasteiger partial charge in [-0.15, -0.1) is 0 Å². The number of benzene rings is 1. The Hall–Kier alpha value is -0.830. The molecule has 96 valence electrons. The molecule has 2 nitrogen and oxygen atoms in total. The zero-order valence-electron chi connectivity index (χ0n) is 10.4. The van der Waals surface area contributed by atoms with Crippen molar-refractivity contribution in [3.8, 4) is 0 Å². The molecule has 0 N–H and O–H groups in total. The van der Waals surface area contributed by atoms with E-state index in [1.807, 2.05) is 6.07 Å². The average Bonchev–Trinajstić information content (AvgIpc) is 2.40. The fraction of sp³-hybridized carbons (Fsp3) is 0.533. The van der Waals surface area contributed by atoms with Crippen molar-refractivity contribution in [1.29, 1.82) is 0 Å². The van der Waals surface area contributed by atoms with Crippen LogP contribution in [0.5, 0.6) is 0 Å². The first-order valence-electron chi connectivity index (χ1n) is 6.75. The number of amides is 1. The summed E-state index contributed by atoms with van der Waals surface area (Å²) >= 11 is 3.55. The monoisotopic (exact) mass is 307 g/mol. The van der Waals surface area contributed by atoms with Gasteiger partial charge in [0.05, 0.1) is 5.92 Å². The maximum atomic E-state index is 12.6. The quantitative estimate of drug-likeness (QED) is 0.769. The summed E-state index contributed by atoms with van der Waals surface area (Å²) in [6, 6.07) is 8.74. The fourth-order valence-corrected chi connectivity index (χ4v) is 3.80. The summed E-state index contributed by atoms with van der Waals surface area (Å²) < 4.78 is 0. The Morgan fingerprint density at radius 3 is 2.94 bits per heavy atom. The first kappa shape index (κ1) is 12.2. The van der Waals surface area contributed by atoms with Crippen molar-refractivity contribution >= 4 is 21.8 Å². The first-order chi connectivity index (χ1) is 8.81. The summed E-state index contributed by atoms with van der Waals surface area (Å²) in [5.41, 5.74) is 2.60. The highest BCUT2D eigenvalue weighted by atomic mass is 79.9. The van der Waals surface area contributed by atoms with Crippen LogP contribution in [0.3, 0.4) is 0 Å². The largest absolute Gasteiger partial charge is 0.338 e. The highest BCUT2D eigenvalue weighted by Gasteiger charge is 2.37. The lowest BCUT2D eigenvalue weighted by Crippen LogP contribution is -2.48. The van der Waals surface area contributed by atoms with E-state index in [-0.39, 0.29) is 5.92 Å². The van der Waals surface area contributed by atoms with E-state index in [0.29, 0.717) is 11.9 Å². The van der Waals surface area contributed by atoms with Gasteiger partial charge in [-0.3, -0.25) is 4.79 Å². The van der Waals surface area contributed by atoms with Crippen LogP contribution in [0.2, 0.25) is 0 Å². The van der Waals surface area contributed by atoms with Gasteiger partial charge in [0.15, 0.2) is 0 Å². The molecular weight excluding hydrogens is 290 g/mol. The first-order valence-corrected chi connectivity index (χ1v) is 7.87. The second kappa shape index (κ2) is 5.04. The Labute approximate surface area is 116 Å². The summed E-state index contributed by atoms with van der Waals surface area (Å²) in [5.74, 6) is 0.471. The standard InChI is InChI=1S/C15H18BrNO/c16-10-12-6-3-4-8-17(12)15(18)14-9-11-5-1-2-7-13(11)14/h1-2,5,7,12,14H,3-4,6,8-10H2. The van der Waals surface area contributed by atoms with E-state index in [0.717, 1.165) is 31.1 Å². The molecular formula is C15H18BrNO. The number of alkyl halides is 1. The lowest BCUT2D eigenvalue weighted by Gasteiger charge is -2.40. The number of carbonyl (C=O) groups excluding carboxylic acids is 1. The van der Waals surface area contributed by atoms with Crippen LogP contribution in [-0.4, -0.2) is 28.7 Å². The van der Waals surface area contributed by atoms with E-state index in [2.05, 4.69) is 39.0 Å². The summed E-state index contributed by atoms with van der Waals surface area (Å²) in [5, 5.41) is 0.910. The van der Waals surface area contributed by atoms with Gasteiger partial charge in [-0.2, -0.15) is 0 Å². The van der Waals surface area contributed by atoms with Crippen LogP contribution in [0.1, 0.15) is 36.3 Å². The molecule has 1 aliphatic carbocycles. The molecule has 0 spiro atoms. The molecule has 2 unspecified atom stereocenters. The molecule has 1 aliphatic heterocycles. The van der Waals surface area contributed by atoms with Gasteiger partial charge in [-0.25, -0.2) is 0 Å².